The van der Waals surface area contributed by atoms with Gasteiger partial charge in [-0.15, -0.1) is 0 Å². The molecule has 0 aliphatic heterocycles. The maximum atomic E-state index is 12.7. The van der Waals surface area contributed by atoms with Crippen molar-refractivity contribution >= 4 is 24.1 Å². The van der Waals surface area contributed by atoms with Crippen LogP contribution in [0.15, 0.2) is 48.5 Å². The van der Waals surface area contributed by atoms with E-state index >= 15 is 0 Å². The van der Waals surface area contributed by atoms with Gasteiger partial charge in [-0.3, -0.25) is 0 Å². The number of carboxylic acids is 1. The van der Waals surface area contributed by atoms with Crippen molar-refractivity contribution in [2.24, 2.45) is 5.92 Å². The number of carbonyl (C=O) groups is 4. The molecule has 10 heteroatoms. The molecule has 204 valence electrons. The van der Waals surface area contributed by atoms with Gasteiger partial charge < -0.3 is 30.0 Å². The van der Waals surface area contributed by atoms with Crippen molar-refractivity contribution in [3.05, 3.63) is 59.7 Å². The number of alkyl carbamates (subject to hydrolysis) is 2. The molecular weight excluding hydrogens is 492 g/mol. The third kappa shape index (κ3) is 7.24. The van der Waals surface area contributed by atoms with Gasteiger partial charge in [-0.1, -0.05) is 62.4 Å². The highest BCUT2D eigenvalue weighted by Gasteiger charge is 2.32. The molecule has 0 saturated heterocycles. The summed E-state index contributed by atoms with van der Waals surface area (Å²) in [5.74, 6) is -2.79. The number of amides is 2. The Hall–Kier alpha value is -4.08. The van der Waals surface area contributed by atoms with E-state index in [1.807, 2.05) is 48.5 Å². The van der Waals surface area contributed by atoms with Gasteiger partial charge in [0.05, 0.1) is 0 Å². The number of nitrogens with one attached hydrogen (secondary N) is 2. The smallest absolute Gasteiger partial charge is 0.408 e. The highest BCUT2D eigenvalue weighted by molar-refractivity contribution is 5.83. The van der Waals surface area contributed by atoms with Crippen molar-refractivity contribution in [2.75, 3.05) is 13.2 Å². The first-order valence-corrected chi connectivity index (χ1v) is 12.4. The van der Waals surface area contributed by atoms with Crippen LogP contribution < -0.4 is 10.6 Å². The molecule has 0 radical (unpaired) electrons. The Kier molecular flexibility index (Phi) is 8.98. The molecule has 2 aromatic rings. The molecule has 2 atom stereocenters. The summed E-state index contributed by atoms with van der Waals surface area (Å²) in [7, 11) is 0. The zero-order chi connectivity index (χ0) is 28.0. The van der Waals surface area contributed by atoms with Gasteiger partial charge in [0, 0.05) is 5.92 Å². The van der Waals surface area contributed by atoms with E-state index in [1.165, 1.54) is 0 Å². The van der Waals surface area contributed by atoms with E-state index in [-0.39, 0.29) is 18.4 Å². The van der Waals surface area contributed by atoms with Crippen molar-refractivity contribution < 1.29 is 38.5 Å². The van der Waals surface area contributed by atoms with E-state index < -0.39 is 48.4 Å². The van der Waals surface area contributed by atoms with Gasteiger partial charge in [0.15, 0.2) is 6.04 Å². The van der Waals surface area contributed by atoms with Gasteiger partial charge in [-0.05, 0) is 48.9 Å². The number of carbonyl (C=O) groups excluding carboxylic acids is 3. The topological polar surface area (TPSA) is 140 Å². The summed E-state index contributed by atoms with van der Waals surface area (Å²) < 4.78 is 15.7. The molecule has 0 fully saturated rings. The predicted octanol–water partition coefficient (Wildman–Crippen LogP) is 4.07. The monoisotopic (exact) mass is 526 g/mol. The molecule has 2 aromatic carbocycles. The van der Waals surface area contributed by atoms with Gasteiger partial charge in [0.25, 0.3) is 0 Å². The minimum absolute atomic E-state index is 0.0701. The molecule has 38 heavy (non-hydrogen) atoms. The molecule has 1 aliphatic carbocycles. The lowest BCUT2D eigenvalue weighted by Gasteiger charge is -2.24. The van der Waals surface area contributed by atoms with E-state index in [1.54, 1.807) is 34.6 Å². The largest absolute Gasteiger partial charge is 0.480 e. The minimum Gasteiger partial charge on any atom is -0.480 e. The molecule has 0 spiro atoms. The Morgan fingerprint density at radius 3 is 1.92 bits per heavy atom. The van der Waals surface area contributed by atoms with Crippen LogP contribution in [0.25, 0.3) is 11.1 Å². The van der Waals surface area contributed by atoms with E-state index in [9.17, 15) is 24.3 Å². The number of fused-ring (bicyclic) bond motifs is 3. The molecule has 3 N–H and O–H groups in total. The fourth-order valence-electron chi connectivity index (χ4n) is 4.14. The maximum absolute atomic E-state index is 12.7. The average molecular weight is 527 g/mol. The Labute approximate surface area is 221 Å². The molecule has 0 heterocycles. The highest BCUT2D eigenvalue weighted by atomic mass is 16.6. The lowest BCUT2D eigenvalue weighted by Crippen LogP contribution is -2.49. The zero-order valence-corrected chi connectivity index (χ0v) is 22.1. The molecular formula is C28H34N2O8. The minimum atomic E-state index is -1.53. The lowest BCUT2D eigenvalue weighted by molar-refractivity contribution is -0.151. The van der Waals surface area contributed by atoms with Crippen molar-refractivity contribution in [1.82, 2.24) is 10.6 Å². The van der Waals surface area contributed by atoms with Gasteiger partial charge >= 0.3 is 24.1 Å². The normalized spacial score (nSPS) is 14.1. The first-order chi connectivity index (χ1) is 17.9. The average Bonchev–Trinajstić information content (AvgIpc) is 3.16. The van der Waals surface area contributed by atoms with Crippen LogP contribution in [-0.2, 0) is 23.8 Å². The molecule has 1 aliphatic rings. The first-order valence-electron chi connectivity index (χ1n) is 12.4. The van der Waals surface area contributed by atoms with Crippen molar-refractivity contribution in [1.29, 1.82) is 0 Å². The predicted molar refractivity (Wildman–Crippen MR) is 139 cm³/mol. The van der Waals surface area contributed by atoms with E-state index in [0.29, 0.717) is 0 Å². The molecule has 0 aromatic heterocycles. The summed E-state index contributed by atoms with van der Waals surface area (Å²) in [6.45, 7) is 7.70. The van der Waals surface area contributed by atoms with E-state index in [2.05, 4.69) is 10.6 Å². The Bertz CT molecular complexity index is 1140. The zero-order valence-electron chi connectivity index (χ0n) is 22.1. The number of hydrogen-bond acceptors (Lipinski definition) is 7. The number of hydrogen-bond donors (Lipinski definition) is 3. The van der Waals surface area contributed by atoms with Crippen LogP contribution in [0.4, 0.5) is 9.59 Å². The molecule has 2 unspecified atom stereocenters. The van der Waals surface area contributed by atoms with Crippen molar-refractivity contribution in [3.8, 4) is 11.1 Å². The maximum Gasteiger partial charge on any atom is 0.408 e. The number of rotatable bonds is 9. The highest BCUT2D eigenvalue weighted by Crippen LogP contribution is 2.44. The van der Waals surface area contributed by atoms with E-state index in [0.717, 1.165) is 22.3 Å². The van der Waals surface area contributed by atoms with Crippen LogP contribution in [-0.4, -0.2) is 60.1 Å². The number of carboxylic acid groups (broad SMARTS) is 1. The summed E-state index contributed by atoms with van der Waals surface area (Å²) in [5.41, 5.74) is 3.46. The second-order valence-electron chi connectivity index (χ2n) is 10.4. The summed E-state index contributed by atoms with van der Waals surface area (Å²) in [4.78, 5) is 48.8. The fourth-order valence-corrected chi connectivity index (χ4v) is 4.14. The molecule has 10 nitrogen and oxygen atoms in total. The quantitative estimate of drug-likeness (QED) is 0.328. The fraction of sp³-hybridized carbons (Fsp3) is 0.429. The summed E-state index contributed by atoms with van der Waals surface area (Å²) in [5, 5.41) is 14.1. The van der Waals surface area contributed by atoms with Gasteiger partial charge in [0.2, 0.25) is 0 Å². The van der Waals surface area contributed by atoms with Crippen molar-refractivity contribution in [3.63, 3.8) is 0 Å². The SMILES string of the molecule is CC(C)C(NC(=O)OCC1c2ccccc2-c2ccccc21)C(=O)OCC(NC(=O)OC(C)(C)C)C(=O)O. The van der Waals surface area contributed by atoms with Crippen molar-refractivity contribution in [2.45, 2.75) is 58.2 Å². The van der Waals surface area contributed by atoms with Crippen LogP contribution in [0.5, 0.6) is 0 Å². The molecule has 0 saturated carbocycles. The number of esters is 1. The first kappa shape index (κ1) is 28.5. The Balaban J connectivity index is 1.58. The summed E-state index contributed by atoms with van der Waals surface area (Å²) in [6, 6.07) is 13.2. The van der Waals surface area contributed by atoms with Crippen LogP contribution in [0, 0.1) is 5.92 Å². The van der Waals surface area contributed by atoms with Gasteiger partial charge in [0.1, 0.15) is 24.9 Å². The third-order valence-electron chi connectivity index (χ3n) is 5.92. The second kappa shape index (κ2) is 12.0. The molecule has 2 amide bonds. The standard InChI is InChI=1S/C28H34N2O8/c1-16(2)23(25(33)36-15-22(24(31)32)29-27(35)38-28(3,4)5)30-26(34)37-14-21-19-12-8-6-10-17(19)18-11-7-9-13-20(18)21/h6-13,16,21-23H,14-15H2,1-5H3,(H,29,35)(H,30,34)(H,31,32). The number of aliphatic carboxylic acids is 1. The number of benzene rings is 2. The summed E-state index contributed by atoms with van der Waals surface area (Å²) in [6.07, 6.45) is -1.76. The Morgan fingerprint density at radius 2 is 1.42 bits per heavy atom. The second-order valence-corrected chi connectivity index (χ2v) is 10.4. The number of ether oxygens (including phenoxy) is 3. The lowest BCUT2D eigenvalue weighted by atomic mass is 9.98. The summed E-state index contributed by atoms with van der Waals surface area (Å²) >= 11 is 0. The Morgan fingerprint density at radius 1 is 0.868 bits per heavy atom. The van der Waals surface area contributed by atoms with Gasteiger partial charge in [-0.2, -0.15) is 0 Å². The third-order valence-corrected chi connectivity index (χ3v) is 5.92. The van der Waals surface area contributed by atoms with Crippen LogP contribution in [0.1, 0.15) is 51.7 Å². The van der Waals surface area contributed by atoms with Crippen LogP contribution in [0.3, 0.4) is 0 Å². The van der Waals surface area contributed by atoms with Crippen LogP contribution in [0.2, 0.25) is 0 Å². The molecule has 3 rings (SSSR count). The van der Waals surface area contributed by atoms with Gasteiger partial charge in [-0.25, -0.2) is 19.2 Å². The van der Waals surface area contributed by atoms with Crippen LogP contribution >= 0.6 is 0 Å². The van der Waals surface area contributed by atoms with E-state index in [4.69, 9.17) is 14.2 Å². The molecule has 0 bridgehead atoms.